The molecule has 0 radical (unpaired) electrons. The molecule has 2 aromatic heterocycles. The SMILES string of the molecule is Cc1cc(NCc2ncn(C)n2)nc(NN)n1. The summed E-state index contributed by atoms with van der Waals surface area (Å²) in [5.74, 6) is 7.02. The van der Waals surface area contributed by atoms with Gasteiger partial charge in [0.25, 0.3) is 0 Å². The number of nitrogen functional groups attached to an aromatic ring is 1. The number of anilines is 2. The standard InChI is InChI=1S/C9H14N8/c1-6-3-7(14-9(13-6)15-10)11-4-8-12-5-17(2)16-8/h3,5H,4,10H2,1-2H3,(H2,11,13,14,15). The van der Waals surface area contributed by atoms with Crippen LogP contribution in [-0.4, -0.2) is 24.7 Å². The van der Waals surface area contributed by atoms with E-state index >= 15 is 0 Å². The molecule has 0 bridgehead atoms. The molecule has 0 saturated heterocycles. The molecule has 17 heavy (non-hydrogen) atoms. The lowest BCUT2D eigenvalue weighted by Gasteiger charge is -2.06. The Bertz CT molecular complexity index is 505. The quantitative estimate of drug-likeness (QED) is 0.497. The lowest BCUT2D eigenvalue weighted by atomic mass is 10.4. The molecule has 2 aromatic rings. The number of hydrazine groups is 1. The molecule has 4 N–H and O–H groups in total. The topological polar surface area (TPSA) is 107 Å². The maximum absolute atomic E-state index is 5.27. The van der Waals surface area contributed by atoms with Gasteiger partial charge < -0.3 is 5.32 Å². The van der Waals surface area contributed by atoms with Gasteiger partial charge in [-0.15, -0.1) is 0 Å². The van der Waals surface area contributed by atoms with Gasteiger partial charge in [-0.1, -0.05) is 0 Å². The van der Waals surface area contributed by atoms with Crippen molar-refractivity contribution in [2.45, 2.75) is 13.5 Å². The van der Waals surface area contributed by atoms with Crippen molar-refractivity contribution in [2.24, 2.45) is 12.9 Å². The zero-order valence-electron chi connectivity index (χ0n) is 9.68. The molecular weight excluding hydrogens is 220 g/mol. The van der Waals surface area contributed by atoms with E-state index in [4.69, 9.17) is 5.84 Å². The minimum absolute atomic E-state index is 0.376. The van der Waals surface area contributed by atoms with Gasteiger partial charge in [0.1, 0.15) is 12.1 Å². The van der Waals surface area contributed by atoms with Gasteiger partial charge >= 0.3 is 0 Å². The van der Waals surface area contributed by atoms with E-state index in [9.17, 15) is 0 Å². The number of hydrogen-bond acceptors (Lipinski definition) is 7. The summed E-state index contributed by atoms with van der Waals surface area (Å²) in [7, 11) is 1.82. The summed E-state index contributed by atoms with van der Waals surface area (Å²) in [5, 5.41) is 7.25. The average molecular weight is 234 g/mol. The van der Waals surface area contributed by atoms with Crippen LogP contribution in [0, 0.1) is 6.92 Å². The molecule has 90 valence electrons. The van der Waals surface area contributed by atoms with Crippen LogP contribution in [-0.2, 0) is 13.6 Å². The third-order valence-corrected chi connectivity index (χ3v) is 2.06. The zero-order valence-corrected chi connectivity index (χ0v) is 9.68. The number of nitrogens with two attached hydrogens (primary N) is 1. The maximum Gasteiger partial charge on any atom is 0.239 e. The average Bonchev–Trinajstić information content (AvgIpc) is 2.72. The molecule has 0 aliphatic heterocycles. The van der Waals surface area contributed by atoms with Crippen LogP contribution in [0.2, 0.25) is 0 Å². The van der Waals surface area contributed by atoms with Crippen LogP contribution in [0.4, 0.5) is 11.8 Å². The third-order valence-electron chi connectivity index (χ3n) is 2.06. The van der Waals surface area contributed by atoms with E-state index < -0.39 is 0 Å². The lowest BCUT2D eigenvalue weighted by molar-refractivity contribution is 0.747. The Kier molecular flexibility index (Phi) is 3.15. The van der Waals surface area contributed by atoms with Crippen molar-refractivity contribution in [3.63, 3.8) is 0 Å². The summed E-state index contributed by atoms with van der Waals surface area (Å²) in [6.07, 6.45) is 1.65. The van der Waals surface area contributed by atoms with Gasteiger partial charge in [-0.25, -0.2) is 15.8 Å². The largest absolute Gasteiger partial charge is 0.363 e. The van der Waals surface area contributed by atoms with E-state index in [-0.39, 0.29) is 0 Å². The molecule has 0 aliphatic carbocycles. The normalized spacial score (nSPS) is 10.3. The van der Waals surface area contributed by atoms with Gasteiger partial charge in [0.05, 0.1) is 6.54 Å². The van der Waals surface area contributed by atoms with Gasteiger partial charge in [-0.3, -0.25) is 10.1 Å². The summed E-state index contributed by atoms with van der Waals surface area (Å²) < 4.78 is 1.65. The molecule has 0 amide bonds. The first kappa shape index (κ1) is 11.3. The predicted octanol–water partition coefficient (Wildman–Crippen LogP) is -0.189. The van der Waals surface area contributed by atoms with Crippen LogP contribution in [0.5, 0.6) is 0 Å². The summed E-state index contributed by atoms with van der Waals surface area (Å²) in [5.41, 5.74) is 3.24. The maximum atomic E-state index is 5.27. The molecule has 0 fully saturated rings. The molecule has 0 unspecified atom stereocenters. The Morgan fingerprint density at radius 2 is 2.24 bits per heavy atom. The van der Waals surface area contributed by atoms with Crippen LogP contribution in [0.25, 0.3) is 0 Å². The Morgan fingerprint density at radius 1 is 1.41 bits per heavy atom. The van der Waals surface area contributed by atoms with Gasteiger partial charge in [0.2, 0.25) is 5.95 Å². The molecule has 8 nitrogen and oxygen atoms in total. The van der Waals surface area contributed by atoms with Crippen LogP contribution in [0.1, 0.15) is 11.5 Å². The predicted molar refractivity (Wildman–Crippen MR) is 62.9 cm³/mol. The highest BCUT2D eigenvalue weighted by Crippen LogP contribution is 2.09. The molecule has 0 aromatic carbocycles. The van der Waals surface area contributed by atoms with Crippen LogP contribution < -0.4 is 16.6 Å². The lowest BCUT2D eigenvalue weighted by Crippen LogP contribution is -2.13. The summed E-state index contributed by atoms with van der Waals surface area (Å²) in [6.45, 7) is 2.37. The van der Waals surface area contributed by atoms with E-state index in [1.807, 2.05) is 20.0 Å². The van der Waals surface area contributed by atoms with Crippen molar-refractivity contribution >= 4 is 11.8 Å². The van der Waals surface area contributed by atoms with Gasteiger partial charge in [0, 0.05) is 18.8 Å². The van der Waals surface area contributed by atoms with Crippen molar-refractivity contribution in [1.82, 2.24) is 24.7 Å². The second-order valence-corrected chi connectivity index (χ2v) is 3.55. The van der Waals surface area contributed by atoms with E-state index in [1.165, 1.54) is 0 Å². The highest BCUT2D eigenvalue weighted by molar-refractivity contribution is 5.41. The van der Waals surface area contributed by atoms with E-state index in [0.29, 0.717) is 24.1 Å². The first-order valence-electron chi connectivity index (χ1n) is 5.08. The Labute approximate surface area is 98.3 Å². The van der Waals surface area contributed by atoms with Crippen molar-refractivity contribution < 1.29 is 0 Å². The van der Waals surface area contributed by atoms with Crippen LogP contribution >= 0.6 is 0 Å². The zero-order chi connectivity index (χ0) is 12.3. The molecule has 2 rings (SSSR count). The minimum atomic E-state index is 0.376. The molecule has 2 heterocycles. The number of nitrogens with zero attached hydrogens (tertiary/aromatic N) is 5. The highest BCUT2D eigenvalue weighted by Gasteiger charge is 2.02. The minimum Gasteiger partial charge on any atom is -0.363 e. The van der Waals surface area contributed by atoms with E-state index in [2.05, 4.69) is 30.8 Å². The van der Waals surface area contributed by atoms with E-state index in [0.717, 1.165) is 5.69 Å². The Balaban J connectivity index is 2.05. The fourth-order valence-electron chi connectivity index (χ4n) is 1.36. The summed E-state index contributed by atoms with van der Waals surface area (Å²) in [6, 6.07) is 1.82. The number of aryl methyl sites for hydroxylation is 2. The fraction of sp³-hybridized carbons (Fsp3) is 0.333. The number of aromatic nitrogens is 5. The molecule has 0 atom stereocenters. The first-order valence-corrected chi connectivity index (χ1v) is 5.08. The second-order valence-electron chi connectivity index (χ2n) is 3.55. The number of rotatable bonds is 4. The van der Waals surface area contributed by atoms with Crippen LogP contribution in [0.15, 0.2) is 12.4 Å². The summed E-state index contributed by atoms with van der Waals surface area (Å²) >= 11 is 0. The smallest absolute Gasteiger partial charge is 0.239 e. The summed E-state index contributed by atoms with van der Waals surface area (Å²) in [4.78, 5) is 12.3. The van der Waals surface area contributed by atoms with Gasteiger partial charge in [0.15, 0.2) is 5.82 Å². The monoisotopic (exact) mass is 234 g/mol. The van der Waals surface area contributed by atoms with Crippen molar-refractivity contribution in [2.75, 3.05) is 10.7 Å². The molecule has 0 spiro atoms. The van der Waals surface area contributed by atoms with Crippen molar-refractivity contribution in [3.8, 4) is 0 Å². The highest BCUT2D eigenvalue weighted by atomic mass is 15.3. The van der Waals surface area contributed by atoms with Crippen LogP contribution in [0.3, 0.4) is 0 Å². The molecule has 0 saturated carbocycles. The van der Waals surface area contributed by atoms with E-state index in [1.54, 1.807) is 11.0 Å². The molecular formula is C9H14N8. The molecule has 8 heteroatoms. The van der Waals surface area contributed by atoms with Crippen molar-refractivity contribution in [3.05, 3.63) is 23.9 Å². The van der Waals surface area contributed by atoms with Gasteiger partial charge in [-0.2, -0.15) is 10.1 Å². The first-order chi connectivity index (χ1) is 8.17. The third kappa shape index (κ3) is 2.88. The Morgan fingerprint density at radius 3 is 2.88 bits per heavy atom. The van der Waals surface area contributed by atoms with Gasteiger partial charge in [-0.05, 0) is 6.92 Å². The fourth-order valence-corrected chi connectivity index (χ4v) is 1.36. The molecule has 0 aliphatic rings. The number of hydrogen-bond donors (Lipinski definition) is 3. The second kappa shape index (κ2) is 4.74. The van der Waals surface area contributed by atoms with Crippen molar-refractivity contribution in [1.29, 1.82) is 0 Å². The Hall–Kier alpha value is -2.22. The number of nitrogens with one attached hydrogen (secondary N) is 2.